The van der Waals surface area contributed by atoms with Crippen molar-refractivity contribution in [3.05, 3.63) is 62.6 Å². The van der Waals surface area contributed by atoms with Crippen LogP contribution < -0.4 is 9.47 Å². The molecule has 0 N–H and O–H groups in total. The van der Waals surface area contributed by atoms with E-state index in [-0.39, 0.29) is 12.3 Å². The Morgan fingerprint density at radius 3 is 2.48 bits per heavy atom. The molecule has 0 aromatic heterocycles. The summed E-state index contributed by atoms with van der Waals surface area (Å²) >= 11 is 3.35. The molecule has 0 heterocycles. The lowest BCUT2D eigenvalue weighted by Gasteiger charge is -2.09. The van der Waals surface area contributed by atoms with Crippen molar-refractivity contribution in [1.82, 2.24) is 0 Å². The molecule has 0 aliphatic heterocycles. The first-order valence-electron chi connectivity index (χ1n) is 6.86. The van der Waals surface area contributed by atoms with Gasteiger partial charge in [-0.05, 0) is 52.2 Å². The predicted molar refractivity (Wildman–Crippen MR) is 87.7 cm³/mol. The average Bonchev–Trinajstić information content (AvgIpc) is 2.55. The van der Waals surface area contributed by atoms with Crippen LogP contribution in [0.1, 0.15) is 12.5 Å². The molecule has 7 heteroatoms. The lowest BCUT2D eigenvalue weighted by molar-refractivity contribution is -0.384. The minimum atomic E-state index is -0.562. The molecule has 120 valence electrons. The first-order chi connectivity index (χ1) is 11.0. The summed E-state index contributed by atoms with van der Waals surface area (Å²) in [5, 5.41) is 10.5. The second-order valence-corrected chi connectivity index (χ2v) is 5.49. The summed E-state index contributed by atoms with van der Waals surface area (Å²) in [4.78, 5) is 21.8. The molecule has 0 aliphatic carbocycles. The van der Waals surface area contributed by atoms with E-state index < -0.39 is 10.9 Å². The van der Waals surface area contributed by atoms with E-state index in [0.717, 1.165) is 12.0 Å². The number of nitrogens with zero attached hydrogens (tertiary/aromatic N) is 1. The molecule has 2 rings (SSSR count). The number of hydrogen-bond donors (Lipinski definition) is 0. The lowest BCUT2D eigenvalue weighted by Crippen LogP contribution is -2.17. The Labute approximate surface area is 141 Å². The van der Waals surface area contributed by atoms with Gasteiger partial charge in [-0.3, -0.25) is 10.1 Å². The molecular weight excluding hydrogens is 366 g/mol. The summed E-state index contributed by atoms with van der Waals surface area (Å²) in [7, 11) is 0. The number of benzene rings is 2. The molecule has 0 spiro atoms. The van der Waals surface area contributed by atoms with Crippen molar-refractivity contribution in [3.63, 3.8) is 0 Å². The third-order valence-electron chi connectivity index (χ3n) is 3.03. The van der Waals surface area contributed by atoms with E-state index in [0.29, 0.717) is 16.0 Å². The summed E-state index contributed by atoms with van der Waals surface area (Å²) < 4.78 is 11.2. The van der Waals surface area contributed by atoms with Crippen LogP contribution in [-0.2, 0) is 11.2 Å². The minimum absolute atomic E-state index is 0.0418. The number of rotatable bonds is 6. The molecular formula is C16H14BrNO5. The fourth-order valence-electron chi connectivity index (χ4n) is 1.81. The second-order valence-electron chi connectivity index (χ2n) is 4.63. The molecule has 0 aliphatic rings. The molecule has 0 saturated carbocycles. The van der Waals surface area contributed by atoms with E-state index in [9.17, 15) is 14.9 Å². The van der Waals surface area contributed by atoms with Crippen LogP contribution in [0, 0.1) is 10.1 Å². The third-order valence-corrected chi connectivity index (χ3v) is 3.65. The summed E-state index contributed by atoms with van der Waals surface area (Å²) in [6, 6.07) is 11.0. The molecule has 0 atom stereocenters. The SMILES string of the molecule is CCc1ccc(OC(=O)COc2ccc([N+](=O)[O-])cc2)c(Br)c1. The number of ether oxygens (including phenoxy) is 2. The van der Waals surface area contributed by atoms with E-state index in [2.05, 4.69) is 15.9 Å². The van der Waals surface area contributed by atoms with Crippen molar-refractivity contribution in [2.75, 3.05) is 6.61 Å². The van der Waals surface area contributed by atoms with E-state index in [4.69, 9.17) is 9.47 Å². The van der Waals surface area contributed by atoms with Gasteiger partial charge in [0.1, 0.15) is 11.5 Å². The van der Waals surface area contributed by atoms with Gasteiger partial charge >= 0.3 is 5.97 Å². The van der Waals surface area contributed by atoms with Crippen LogP contribution in [0.3, 0.4) is 0 Å². The van der Waals surface area contributed by atoms with Gasteiger partial charge in [-0.1, -0.05) is 13.0 Å². The Kier molecular flexibility index (Phi) is 5.70. The van der Waals surface area contributed by atoms with E-state index in [1.165, 1.54) is 24.3 Å². The van der Waals surface area contributed by atoms with Crippen LogP contribution in [0.5, 0.6) is 11.5 Å². The Morgan fingerprint density at radius 1 is 1.22 bits per heavy atom. The van der Waals surface area contributed by atoms with Crippen molar-refractivity contribution in [1.29, 1.82) is 0 Å². The maximum Gasteiger partial charge on any atom is 0.349 e. The maximum atomic E-state index is 11.8. The first-order valence-corrected chi connectivity index (χ1v) is 7.65. The number of aryl methyl sites for hydroxylation is 1. The van der Waals surface area contributed by atoms with Crippen LogP contribution >= 0.6 is 15.9 Å². The number of halogens is 1. The van der Waals surface area contributed by atoms with E-state index >= 15 is 0 Å². The Balaban J connectivity index is 1.91. The quantitative estimate of drug-likeness (QED) is 0.329. The monoisotopic (exact) mass is 379 g/mol. The van der Waals surface area contributed by atoms with Crippen LogP contribution in [0.4, 0.5) is 5.69 Å². The highest BCUT2D eigenvalue weighted by molar-refractivity contribution is 9.10. The highest BCUT2D eigenvalue weighted by Gasteiger charge is 2.10. The molecule has 0 amide bonds. The zero-order chi connectivity index (χ0) is 16.8. The van der Waals surface area contributed by atoms with E-state index in [1.807, 2.05) is 19.1 Å². The molecule has 0 unspecified atom stereocenters. The lowest BCUT2D eigenvalue weighted by atomic mass is 10.2. The van der Waals surface area contributed by atoms with Gasteiger partial charge in [-0.2, -0.15) is 0 Å². The van der Waals surface area contributed by atoms with Crippen molar-refractivity contribution in [2.45, 2.75) is 13.3 Å². The number of nitro groups is 1. The third kappa shape index (κ3) is 4.79. The highest BCUT2D eigenvalue weighted by atomic mass is 79.9. The standard InChI is InChI=1S/C16H14BrNO5/c1-2-11-3-8-15(14(17)9-11)23-16(19)10-22-13-6-4-12(5-7-13)18(20)21/h3-9H,2,10H2,1H3. The number of carbonyl (C=O) groups excluding carboxylic acids is 1. The Morgan fingerprint density at radius 2 is 1.91 bits per heavy atom. The maximum absolute atomic E-state index is 11.8. The topological polar surface area (TPSA) is 78.7 Å². The second kappa shape index (κ2) is 7.73. The summed E-state index contributed by atoms with van der Waals surface area (Å²) in [6.45, 7) is 1.74. The Hall–Kier alpha value is -2.41. The predicted octanol–water partition coefficient (Wildman–Crippen LogP) is 3.90. The zero-order valence-corrected chi connectivity index (χ0v) is 13.9. The van der Waals surface area contributed by atoms with Gasteiger partial charge in [0.15, 0.2) is 6.61 Å². The van der Waals surface area contributed by atoms with Gasteiger partial charge in [0.25, 0.3) is 5.69 Å². The molecule has 0 fully saturated rings. The average molecular weight is 380 g/mol. The number of non-ortho nitro benzene ring substituents is 1. The van der Waals surface area contributed by atoms with Crippen LogP contribution in [0.25, 0.3) is 0 Å². The van der Waals surface area contributed by atoms with Crippen molar-refractivity contribution >= 4 is 27.6 Å². The summed E-state index contributed by atoms with van der Waals surface area (Å²) in [5.74, 6) is 0.209. The largest absolute Gasteiger partial charge is 0.482 e. The highest BCUT2D eigenvalue weighted by Crippen LogP contribution is 2.26. The van der Waals surface area contributed by atoms with Gasteiger partial charge in [-0.15, -0.1) is 0 Å². The fourth-order valence-corrected chi connectivity index (χ4v) is 2.31. The van der Waals surface area contributed by atoms with Crippen LogP contribution in [-0.4, -0.2) is 17.5 Å². The summed E-state index contributed by atoms with van der Waals surface area (Å²) in [6.07, 6.45) is 0.885. The van der Waals surface area contributed by atoms with Gasteiger partial charge in [0.2, 0.25) is 0 Å². The molecule has 0 bridgehead atoms. The molecule has 23 heavy (non-hydrogen) atoms. The zero-order valence-electron chi connectivity index (χ0n) is 12.3. The van der Waals surface area contributed by atoms with Gasteiger partial charge in [0.05, 0.1) is 9.40 Å². The number of esters is 1. The first kappa shape index (κ1) is 17.0. The molecule has 0 saturated heterocycles. The molecule has 6 nitrogen and oxygen atoms in total. The molecule has 0 radical (unpaired) electrons. The van der Waals surface area contributed by atoms with E-state index in [1.54, 1.807) is 6.07 Å². The van der Waals surface area contributed by atoms with Crippen molar-refractivity contribution in [3.8, 4) is 11.5 Å². The number of hydrogen-bond acceptors (Lipinski definition) is 5. The number of carbonyl (C=O) groups is 1. The number of nitro benzene ring substituents is 1. The molecule has 2 aromatic carbocycles. The fraction of sp³-hybridized carbons (Fsp3) is 0.188. The van der Waals surface area contributed by atoms with Crippen molar-refractivity contribution in [2.24, 2.45) is 0 Å². The summed E-state index contributed by atoms with van der Waals surface area (Å²) in [5.41, 5.74) is 1.08. The van der Waals surface area contributed by atoms with Crippen LogP contribution in [0.15, 0.2) is 46.9 Å². The van der Waals surface area contributed by atoms with Gasteiger partial charge < -0.3 is 9.47 Å². The normalized spacial score (nSPS) is 10.2. The smallest absolute Gasteiger partial charge is 0.349 e. The molecule has 2 aromatic rings. The Bertz CT molecular complexity index is 715. The van der Waals surface area contributed by atoms with Crippen LogP contribution in [0.2, 0.25) is 0 Å². The minimum Gasteiger partial charge on any atom is -0.482 e. The van der Waals surface area contributed by atoms with Gasteiger partial charge in [-0.25, -0.2) is 4.79 Å². The van der Waals surface area contributed by atoms with Crippen molar-refractivity contribution < 1.29 is 19.2 Å². The van der Waals surface area contributed by atoms with Gasteiger partial charge in [0, 0.05) is 12.1 Å².